The maximum absolute atomic E-state index is 13.2. The number of benzene rings is 1. The molecular formula is C31H48ClN3O4. The number of rotatable bonds is 8. The summed E-state index contributed by atoms with van der Waals surface area (Å²) < 4.78 is 11.6. The van der Waals surface area contributed by atoms with Crippen LogP contribution in [-0.4, -0.2) is 85.5 Å². The zero-order valence-corrected chi connectivity index (χ0v) is 24.7. The molecule has 0 aromatic heterocycles. The summed E-state index contributed by atoms with van der Waals surface area (Å²) >= 11 is 0. The van der Waals surface area contributed by atoms with Crippen LogP contribution in [0, 0.1) is 5.41 Å². The Labute approximate surface area is 240 Å². The molecule has 0 amide bonds. The highest BCUT2D eigenvalue weighted by atomic mass is 35.5. The van der Waals surface area contributed by atoms with Crippen LogP contribution in [0.15, 0.2) is 24.3 Å². The van der Waals surface area contributed by atoms with E-state index in [4.69, 9.17) is 9.47 Å². The predicted molar refractivity (Wildman–Crippen MR) is 156 cm³/mol. The number of carbonyl (C=O) groups excluding carboxylic acids is 2. The molecule has 0 bridgehead atoms. The Bertz CT molecular complexity index is 959. The van der Waals surface area contributed by atoms with Crippen molar-refractivity contribution in [2.24, 2.45) is 5.41 Å². The van der Waals surface area contributed by atoms with Crippen LogP contribution in [0.4, 0.5) is 0 Å². The lowest BCUT2D eigenvalue weighted by Gasteiger charge is -2.55. The van der Waals surface area contributed by atoms with Crippen LogP contribution in [-0.2, 0) is 20.9 Å². The molecule has 2 atom stereocenters. The fraction of sp³-hybridized carbons (Fsp3) is 0.742. The topological polar surface area (TPSA) is 71.1 Å². The molecule has 1 saturated carbocycles. The lowest BCUT2D eigenvalue weighted by atomic mass is 9.63. The summed E-state index contributed by atoms with van der Waals surface area (Å²) in [6.07, 6.45) is 8.61. The lowest BCUT2D eigenvalue weighted by molar-refractivity contribution is -0.144. The smallest absolute Gasteiger partial charge is 0.141 e. The Morgan fingerprint density at radius 2 is 1.79 bits per heavy atom. The fourth-order valence-electron chi connectivity index (χ4n) is 7.21. The molecule has 5 rings (SSSR count). The Kier molecular flexibility index (Phi) is 10.5. The van der Waals surface area contributed by atoms with Gasteiger partial charge in [0.25, 0.3) is 0 Å². The minimum absolute atomic E-state index is 0. The number of piperidine rings is 1. The highest BCUT2D eigenvalue weighted by molar-refractivity contribution is 5.97. The van der Waals surface area contributed by atoms with Gasteiger partial charge in [0, 0.05) is 76.4 Å². The molecule has 4 fully saturated rings. The van der Waals surface area contributed by atoms with Crippen molar-refractivity contribution in [3.05, 3.63) is 29.8 Å². The molecule has 1 aromatic rings. The number of likely N-dealkylation sites (N-methyl/N-ethyl adjacent to an activating group) is 1. The van der Waals surface area contributed by atoms with E-state index in [1.165, 1.54) is 5.56 Å². The van der Waals surface area contributed by atoms with Crippen LogP contribution < -0.4 is 10.1 Å². The van der Waals surface area contributed by atoms with Crippen molar-refractivity contribution in [1.82, 2.24) is 15.1 Å². The number of nitrogens with zero attached hydrogens (tertiary/aromatic N) is 2. The zero-order chi connectivity index (χ0) is 26.6. The summed E-state index contributed by atoms with van der Waals surface area (Å²) in [6, 6.07) is 8.70. The molecule has 4 aliphatic rings. The quantitative estimate of drug-likeness (QED) is 0.504. The number of hydrogen-bond acceptors (Lipinski definition) is 7. The van der Waals surface area contributed by atoms with Gasteiger partial charge in [0.15, 0.2) is 0 Å². The molecule has 1 N–H and O–H groups in total. The van der Waals surface area contributed by atoms with Gasteiger partial charge >= 0.3 is 0 Å². The zero-order valence-electron chi connectivity index (χ0n) is 23.9. The van der Waals surface area contributed by atoms with Crippen molar-refractivity contribution in [1.29, 1.82) is 0 Å². The number of carbonyl (C=O) groups is 2. The van der Waals surface area contributed by atoms with Gasteiger partial charge in [-0.25, -0.2) is 0 Å². The van der Waals surface area contributed by atoms with Crippen molar-refractivity contribution < 1.29 is 19.1 Å². The van der Waals surface area contributed by atoms with Gasteiger partial charge in [-0.05, 0) is 44.0 Å². The average Bonchev–Trinajstić information content (AvgIpc) is 2.94. The van der Waals surface area contributed by atoms with Crippen molar-refractivity contribution >= 4 is 24.0 Å². The second-order valence-corrected chi connectivity index (χ2v) is 12.3. The normalized spacial score (nSPS) is 28.8. The van der Waals surface area contributed by atoms with Crippen molar-refractivity contribution in [2.45, 2.75) is 95.4 Å². The summed E-state index contributed by atoms with van der Waals surface area (Å²) in [5, 5.41) is 3.83. The summed E-state index contributed by atoms with van der Waals surface area (Å²) in [5.41, 5.74) is 0.943. The number of hydrogen-bond donors (Lipinski definition) is 1. The third kappa shape index (κ3) is 6.87. The van der Waals surface area contributed by atoms with Crippen LogP contribution in [0.25, 0.3) is 0 Å². The van der Waals surface area contributed by atoms with Crippen molar-refractivity contribution in [2.75, 3.05) is 46.4 Å². The van der Waals surface area contributed by atoms with E-state index in [1.807, 2.05) is 0 Å². The second kappa shape index (κ2) is 13.4. The van der Waals surface area contributed by atoms with E-state index in [0.717, 1.165) is 96.6 Å². The monoisotopic (exact) mass is 561 g/mol. The molecule has 0 radical (unpaired) electrons. The summed E-state index contributed by atoms with van der Waals surface area (Å²) in [6.45, 7) is 8.59. The van der Waals surface area contributed by atoms with Crippen LogP contribution in [0.3, 0.4) is 0 Å². The van der Waals surface area contributed by atoms with Crippen LogP contribution in [0.2, 0.25) is 0 Å². The standard InChI is InChI=1S/C31H47N3O4.ClH/c1-3-4-13-31(20-25(35)7-10-29(31)36)28-22-33(2)30(23-32-28)14-16-34(17-15-30)21-24-5-8-26(9-6-24)38-27-11-18-37-19-12-27;/h5-6,8-9,27-28,32H,3-4,7,10-23H2,1-2H3;1H/t28-,31?;/m1./s1. The van der Waals surface area contributed by atoms with Crippen molar-refractivity contribution in [3.8, 4) is 5.75 Å². The third-order valence-electron chi connectivity index (χ3n) is 9.87. The van der Waals surface area contributed by atoms with Crippen LogP contribution >= 0.6 is 12.4 Å². The van der Waals surface area contributed by atoms with Gasteiger partial charge in [-0.1, -0.05) is 31.9 Å². The number of likely N-dealkylation sites (tertiary alicyclic amines) is 1. The molecule has 1 aromatic carbocycles. The fourth-order valence-corrected chi connectivity index (χ4v) is 7.21. The second-order valence-electron chi connectivity index (χ2n) is 12.3. The number of Topliss-reactive ketones (excluding diaryl/α,β-unsaturated/α-hetero) is 2. The minimum Gasteiger partial charge on any atom is -0.490 e. The van der Waals surface area contributed by atoms with Gasteiger partial charge in [0.1, 0.15) is 23.4 Å². The average molecular weight is 562 g/mol. The van der Waals surface area contributed by atoms with Crippen molar-refractivity contribution in [3.63, 3.8) is 0 Å². The summed E-state index contributed by atoms with van der Waals surface area (Å²) in [7, 11) is 2.24. The molecule has 7 nitrogen and oxygen atoms in total. The number of halogens is 1. The summed E-state index contributed by atoms with van der Waals surface area (Å²) in [4.78, 5) is 30.8. The van der Waals surface area contributed by atoms with E-state index < -0.39 is 5.41 Å². The van der Waals surface area contributed by atoms with E-state index >= 15 is 0 Å². The molecule has 1 unspecified atom stereocenters. The SMILES string of the molecule is CCCCC1([C@H]2CN(C)C3(CCN(Cc4ccc(OC5CCOCC5)cc4)CC3)CN2)CC(=O)CCC1=O.Cl. The molecule has 1 aliphatic carbocycles. The number of ketones is 2. The van der Waals surface area contributed by atoms with E-state index in [-0.39, 0.29) is 35.9 Å². The van der Waals surface area contributed by atoms with Crippen LogP contribution in [0.1, 0.15) is 76.7 Å². The Morgan fingerprint density at radius 1 is 1.08 bits per heavy atom. The van der Waals surface area contributed by atoms with E-state index in [1.54, 1.807) is 0 Å². The minimum atomic E-state index is -0.511. The molecule has 218 valence electrons. The highest BCUT2D eigenvalue weighted by Crippen LogP contribution is 2.43. The maximum atomic E-state index is 13.2. The van der Waals surface area contributed by atoms with Gasteiger partial charge < -0.3 is 14.8 Å². The van der Waals surface area contributed by atoms with Crippen LogP contribution in [0.5, 0.6) is 5.75 Å². The lowest BCUT2D eigenvalue weighted by Crippen LogP contribution is -2.70. The first-order valence-corrected chi connectivity index (χ1v) is 15.0. The van der Waals surface area contributed by atoms with E-state index in [2.05, 4.69) is 53.4 Å². The number of nitrogens with one attached hydrogen (secondary N) is 1. The molecule has 39 heavy (non-hydrogen) atoms. The number of ether oxygens (including phenoxy) is 2. The van der Waals surface area contributed by atoms with Gasteiger partial charge in [0.05, 0.1) is 18.6 Å². The van der Waals surface area contributed by atoms with Gasteiger partial charge in [-0.15, -0.1) is 12.4 Å². The number of unbranched alkanes of at least 4 members (excludes halogenated alkanes) is 1. The molecule has 8 heteroatoms. The molecule has 3 saturated heterocycles. The molecule has 1 spiro atoms. The first-order valence-electron chi connectivity index (χ1n) is 15.0. The van der Waals surface area contributed by atoms with E-state index in [0.29, 0.717) is 25.0 Å². The van der Waals surface area contributed by atoms with Gasteiger partial charge in [-0.3, -0.25) is 19.4 Å². The van der Waals surface area contributed by atoms with E-state index in [9.17, 15) is 9.59 Å². The first-order chi connectivity index (χ1) is 18.4. The largest absolute Gasteiger partial charge is 0.490 e. The molecule has 3 aliphatic heterocycles. The molecular weight excluding hydrogens is 514 g/mol. The first kappa shape index (κ1) is 30.4. The number of piperazine rings is 1. The summed E-state index contributed by atoms with van der Waals surface area (Å²) in [5.74, 6) is 1.53. The Morgan fingerprint density at radius 3 is 2.46 bits per heavy atom. The predicted octanol–water partition coefficient (Wildman–Crippen LogP) is 4.40. The third-order valence-corrected chi connectivity index (χ3v) is 9.87. The Hall–Kier alpha value is -1.51. The van der Waals surface area contributed by atoms with Gasteiger partial charge in [-0.2, -0.15) is 0 Å². The Balaban J connectivity index is 0.00000353. The highest BCUT2D eigenvalue weighted by Gasteiger charge is 2.52. The maximum Gasteiger partial charge on any atom is 0.141 e. The molecule has 3 heterocycles. The van der Waals surface area contributed by atoms with Gasteiger partial charge in [0.2, 0.25) is 0 Å².